The Balaban J connectivity index is 1.59. The monoisotopic (exact) mass is 658 g/mol. The smallest absolute Gasteiger partial charge is 0.338 e. The van der Waals surface area contributed by atoms with Crippen LogP contribution in [-0.2, 0) is 9.47 Å². The first-order valence-corrected chi connectivity index (χ1v) is 16.1. The molecule has 2 aromatic carbocycles. The number of cyclic esters (lactones) is 1. The molecule has 0 spiro atoms. The fourth-order valence-corrected chi connectivity index (χ4v) is 6.27. The summed E-state index contributed by atoms with van der Waals surface area (Å²) in [5.41, 5.74) is 0.679. The summed E-state index contributed by atoms with van der Waals surface area (Å²) in [6.45, 7) is 10.4. The van der Waals surface area contributed by atoms with Gasteiger partial charge in [-0.1, -0.05) is 13.8 Å². The van der Waals surface area contributed by atoms with Crippen molar-refractivity contribution in [3.8, 4) is 34.5 Å². The molecule has 2 heterocycles. The van der Waals surface area contributed by atoms with Gasteiger partial charge in [0.25, 0.3) is 0 Å². The minimum Gasteiger partial charge on any atom is -0.493 e. The molecule has 2 aliphatic rings. The molecule has 0 aliphatic carbocycles. The third-order valence-electron chi connectivity index (χ3n) is 8.44. The second-order valence-corrected chi connectivity index (χ2v) is 12.6. The summed E-state index contributed by atoms with van der Waals surface area (Å²) in [6, 6.07) is 6.41. The molecule has 4 bridgehead atoms. The summed E-state index contributed by atoms with van der Waals surface area (Å²) >= 11 is 0. The predicted octanol–water partition coefficient (Wildman–Crippen LogP) is 4.71. The van der Waals surface area contributed by atoms with Gasteiger partial charge in [0.1, 0.15) is 6.10 Å². The number of hydrogen-bond acceptors (Lipinski definition) is 12. The van der Waals surface area contributed by atoms with Gasteiger partial charge >= 0.3 is 11.9 Å². The standard InChI is InChI=1S/C35H50N2O10/c1-35(2)22-36-12-9-17-46-33(38)24-18-29(42-5)32(44-7)30(21-24)45-16-8-10-26(11-13-37(23-35)15-14-36)47-34(39)25-19-27(40-3)31(43-6)28(20-25)41-4/h18-21,26H,8-17,22-23H2,1-7H3. The lowest BCUT2D eigenvalue weighted by molar-refractivity contribution is 0.0214. The Morgan fingerprint density at radius 2 is 1.32 bits per heavy atom. The van der Waals surface area contributed by atoms with Gasteiger partial charge in [-0.15, -0.1) is 0 Å². The van der Waals surface area contributed by atoms with Gasteiger partial charge in [-0.3, -0.25) is 0 Å². The number of benzene rings is 2. The number of methoxy groups -OCH3 is 5. The molecular formula is C35H50N2O10. The van der Waals surface area contributed by atoms with E-state index in [1.807, 2.05) is 0 Å². The van der Waals surface area contributed by atoms with Gasteiger partial charge < -0.3 is 47.7 Å². The van der Waals surface area contributed by atoms with Crippen molar-refractivity contribution in [2.45, 2.75) is 45.6 Å². The van der Waals surface area contributed by atoms with Crippen LogP contribution in [0.2, 0.25) is 0 Å². The first-order chi connectivity index (χ1) is 22.6. The molecule has 47 heavy (non-hydrogen) atoms. The van der Waals surface area contributed by atoms with E-state index in [9.17, 15) is 9.59 Å². The van der Waals surface area contributed by atoms with Crippen LogP contribution in [0.5, 0.6) is 34.5 Å². The summed E-state index contributed by atoms with van der Waals surface area (Å²) in [7, 11) is 7.56. The van der Waals surface area contributed by atoms with Crippen LogP contribution in [0, 0.1) is 5.41 Å². The highest BCUT2D eigenvalue weighted by Gasteiger charge is 2.30. The number of ether oxygens (including phenoxy) is 8. The number of carbonyl (C=O) groups is 2. The Morgan fingerprint density at radius 3 is 1.94 bits per heavy atom. The average Bonchev–Trinajstić information content (AvgIpc) is 3.21. The second kappa shape index (κ2) is 16.8. The van der Waals surface area contributed by atoms with Crippen molar-refractivity contribution in [1.29, 1.82) is 0 Å². The molecular weight excluding hydrogens is 608 g/mol. The largest absolute Gasteiger partial charge is 0.493 e. The zero-order valence-electron chi connectivity index (χ0n) is 28.8. The van der Waals surface area contributed by atoms with Gasteiger partial charge in [-0.2, -0.15) is 0 Å². The van der Waals surface area contributed by atoms with E-state index in [0.29, 0.717) is 78.1 Å². The maximum Gasteiger partial charge on any atom is 0.338 e. The normalized spacial score (nSPS) is 22.2. The van der Waals surface area contributed by atoms with Crippen LogP contribution in [0.1, 0.15) is 60.2 Å². The predicted molar refractivity (Wildman–Crippen MR) is 176 cm³/mol. The summed E-state index contributed by atoms with van der Waals surface area (Å²) in [6.07, 6.45) is 2.12. The molecule has 1 saturated heterocycles. The molecule has 2 aliphatic heterocycles. The van der Waals surface area contributed by atoms with Gasteiger partial charge in [-0.25, -0.2) is 9.59 Å². The van der Waals surface area contributed by atoms with Gasteiger partial charge in [0, 0.05) is 39.3 Å². The molecule has 12 nitrogen and oxygen atoms in total. The SMILES string of the molecule is COc1cc(C(=O)OC2CCCOc3cc(cc(OC)c3OC)C(=O)OCCCN3CCN(CC2)CC(C)(C)C3)cc(OC)c1OC. The fraction of sp³-hybridized carbons (Fsp3) is 0.600. The highest BCUT2D eigenvalue weighted by Crippen LogP contribution is 2.40. The zero-order valence-corrected chi connectivity index (χ0v) is 28.8. The molecule has 3 unspecified atom stereocenters. The molecule has 1 fully saturated rings. The van der Waals surface area contributed by atoms with Crippen molar-refractivity contribution in [3.05, 3.63) is 35.4 Å². The van der Waals surface area contributed by atoms with Gasteiger partial charge in [0.05, 0.1) is 59.9 Å². The molecule has 0 saturated carbocycles. The molecule has 260 valence electrons. The average molecular weight is 659 g/mol. The minimum atomic E-state index is -0.478. The van der Waals surface area contributed by atoms with Crippen LogP contribution < -0.4 is 28.4 Å². The Labute approximate surface area is 278 Å². The van der Waals surface area contributed by atoms with Crippen molar-refractivity contribution in [2.24, 2.45) is 5.41 Å². The minimum absolute atomic E-state index is 0.0558. The molecule has 0 aromatic heterocycles. The lowest BCUT2D eigenvalue weighted by Gasteiger charge is -2.31. The fourth-order valence-electron chi connectivity index (χ4n) is 6.27. The van der Waals surface area contributed by atoms with E-state index in [1.165, 1.54) is 35.5 Å². The number of rotatable bonds is 7. The summed E-state index contributed by atoms with van der Waals surface area (Å²) in [5.74, 6) is 1.35. The molecule has 0 amide bonds. The molecule has 3 atom stereocenters. The molecule has 12 heteroatoms. The first kappa shape index (κ1) is 35.9. The van der Waals surface area contributed by atoms with Crippen LogP contribution >= 0.6 is 0 Å². The molecule has 4 rings (SSSR count). The van der Waals surface area contributed by atoms with Crippen LogP contribution in [0.3, 0.4) is 0 Å². The van der Waals surface area contributed by atoms with Crippen molar-refractivity contribution in [3.63, 3.8) is 0 Å². The van der Waals surface area contributed by atoms with E-state index in [-0.39, 0.29) is 11.5 Å². The Morgan fingerprint density at radius 1 is 0.723 bits per heavy atom. The molecule has 0 N–H and O–H groups in total. The number of fused-ring (bicyclic) bond motifs is 5. The van der Waals surface area contributed by atoms with Crippen LogP contribution in [-0.4, -0.2) is 116 Å². The third kappa shape index (κ3) is 9.57. The maximum absolute atomic E-state index is 13.5. The third-order valence-corrected chi connectivity index (χ3v) is 8.44. The molecule has 0 radical (unpaired) electrons. The maximum atomic E-state index is 13.5. The number of esters is 2. The van der Waals surface area contributed by atoms with Gasteiger partial charge in [-0.05, 0) is 55.4 Å². The quantitative estimate of drug-likeness (QED) is 0.384. The summed E-state index contributed by atoms with van der Waals surface area (Å²) < 4.78 is 45.3. The Hall–Kier alpha value is -3.90. The van der Waals surface area contributed by atoms with E-state index < -0.39 is 11.9 Å². The van der Waals surface area contributed by atoms with E-state index in [4.69, 9.17) is 37.9 Å². The summed E-state index contributed by atoms with van der Waals surface area (Å²) in [4.78, 5) is 31.4. The topological polar surface area (TPSA) is 114 Å². The van der Waals surface area contributed by atoms with Crippen molar-refractivity contribution < 1.29 is 47.5 Å². The number of nitrogens with zero attached hydrogens (tertiary/aromatic N) is 2. The lowest BCUT2D eigenvalue weighted by Crippen LogP contribution is -2.37. The highest BCUT2D eigenvalue weighted by molar-refractivity contribution is 5.92. The van der Waals surface area contributed by atoms with E-state index in [0.717, 1.165) is 45.7 Å². The lowest BCUT2D eigenvalue weighted by atomic mass is 9.92. The Kier molecular flexibility index (Phi) is 12.8. The first-order valence-electron chi connectivity index (χ1n) is 16.1. The van der Waals surface area contributed by atoms with E-state index in [2.05, 4.69) is 23.6 Å². The second-order valence-electron chi connectivity index (χ2n) is 12.6. The number of hydrogen-bond donors (Lipinski definition) is 0. The highest BCUT2D eigenvalue weighted by atomic mass is 16.6. The van der Waals surface area contributed by atoms with E-state index >= 15 is 0 Å². The van der Waals surface area contributed by atoms with E-state index in [1.54, 1.807) is 24.3 Å². The number of carbonyl (C=O) groups excluding carboxylic acids is 2. The van der Waals surface area contributed by atoms with Gasteiger partial charge in [0.2, 0.25) is 11.5 Å². The van der Waals surface area contributed by atoms with Crippen LogP contribution in [0.15, 0.2) is 24.3 Å². The van der Waals surface area contributed by atoms with Crippen molar-refractivity contribution >= 4 is 11.9 Å². The molecule has 2 aromatic rings. The van der Waals surface area contributed by atoms with Crippen molar-refractivity contribution in [2.75, 3.05) is 88.0 Å². The summed E-state index contributed by atoms with van der Waals surface area (Å²) in [5, 5.41) is 0. The zero-order chi connectivity index (χ0) is 34.0. The van der Waals surface area contributed by atoms with Crippen molar-refractivity contribution in [1.82, 2.24) is 9.80 Å². The Bertz CT molecular complexity index is 1340. The van der Waals surface area contributed by atoms with Gasteiger partial charge in [0.15, 0.2) is 23.0 Å². The van der Waals surface area contributed by atoms with Crippen LogP contribution in [0.4, 0.5) is 0 Å². The van der Waals surface area contributed by atoms with Crippen LogP contribution in [0.25, 0.3) is 0 Å².